The predicted molar refractivity (Wildman–Crippen MR) is 59.1 cm³/mol. The van der Waals surface area contributed by atoms with Gasteiger partial charge in [0.1, 0.15) is 0 Å². The van der Waals surface area contributed by atoms with Gasteiger partial charge in [0.15, 0.2) is 5.54 Å². The summed E-state index contributed by atoms with van der Waals surface area (Å²) in [6, 6.07) is 9.11. The Kier molecular flexibility index (Phi) is 2.48. The first-order valence-corrected chi connectivity index (χ1v) is 4.93. The van der Waals surface area contributed by atoms with E-state index in [1.165, 1.54) is 6.33 Å². The largest absolute Gasteiger partial charge is 0.479 e. The Morgan fingerprint density at radius 1 is 1.38 bits per heavy atom. The smallest absolute Gasteiger partial charge is 0.334 e. The van der Waals surface area contributed by atoms with Crippen molar-refractivity contribution in [3.8, 4) is 0 Å². The number of imidazole rings is 1. The molecule has 4 nitrogen and oxygen atoms in total. The molecule has 0 spiro atoms. The SMILES string of the molecule is CC(C(=O)O)(c1ccccc1)n1ccnc1. The fourth-order valence-electron chi connectivity index (χ4n) is 1.67. The number of carboxylic acids is 1. The third-order valence-corrected chi connectivity index (χ3v) is 2.77. The number of hydrogen-bond donors (Lipinski definition) is 1. The Labute approximate surface area is 93.2 Å². The quantitative estimate of drug-likeness (QED) is 0.850. The van der Waals surface area contributed by atoms with Gasteiger partial charge in [-0.05, 0) is 12.5 Å². The molecule has 4 heteroatoms. The van der Waals surface area contributed by atoms with E-state index in [1.54, 1.807) is 36.0 Å². The second-order valence-electron chi connectivity index (χ2n) is 3.71. The molecule has 0 bridgehead atoms. The van der Waals surface area contributed by atoms with Gasteiger partial charge in [-0.15, -0.1) is 0 Å². The minimum atomic E-state index is -1.11. The fourth-order valence-corrected chi connectivity index (χ4v) is 1.67. The second kappa shape index (κ2) is 3.81. The summed E-state index contributed by atoms with van der Waals surface area (Å²) in [5.74, 6) is -0.906. The van der Waals surface area contributed by atoms with Crippen LogP contribution in [0.4, 0.5) is 0 Å². The van der Waals surface area contributed by atoms with Gasteiger partial charge in [0.2, 0.25) is 0 Å². The van der Waals surface area contributed by atoms with Gasteiger partial charge < -0.3 is 9.67 Å². The van der Waals surface area contributed by atoms with Crippen LogP contribution in [-0.4, -0.2) is 20.6 Å². The molecule has 0 saturated carbocycles. The van der Waals surface area contributed by atoms with Crippen LogP contribution in [0.25, 0.3) is 0 Å². The van der Waals surface area contributed by atoms with Crippen LogP contribution in [0.15, 0.2) is 49.1 Å². The molecule has 2 rings (SSSR count). The molecule has 1 aromatic heterocycles. The molecule has 0 saturated heterocycles. The zero-order valence-corrected chi connectivity index (χ0v) is 8.87. The lowest BCUT2D eigenvalue weighted by Gasteiger charge is -2.26. The van der Waals surface area contributed by atoms with Crippen molar-refractivity contribution in [1.29, 1.82) is 0 Å². The fraction of sp³-hybridized carbons (Fsp3) is 0.167. The summed E-state index contributed by atoms with van der Waals surface area (Å²) >= 11 is 0. The average Bonchev–Trinajstić information content (AvgIpc) is 2.82. The molecule has 16 heavy (non-hydrogen) atoms. The third kappa shape index (κ3) is 1.48. The van der Waals surface area contributed by atoms with E-state index in [2.05, 4.69) is 4.98 Å². The monoisotopic (exact) mass is 216 g/mol. The van der Waals surface area contributed by atoms with E-state index in [-0.39, 0.29) is 0 Å². The van der Waals surface area contributed by atoms with E-state index in [1.807, 2.05) is 18.2 Å². The molecule has 0 fully saturated rings. The molecule has 2 aromatic rings. The Balaban J connectivity index is 2.58. The predicted octanol–water partition coefficient (Wildman–Crippen LogP) is 1.73. The molecule has 0 aliphatic heterocycles. The summed E-state index contributed by atoms with van der Waals surface area (Å²) in [6.45, 7) is 1.66. The molecule has 1 N–H and O–H groups in total. The highest BCUT2D eigenvalue weighted by Crippen LogP contribution is 2.25. The lowest BCUT2D eigenvalue weighted by molar-refractivity contribution is -0.144. The van der Waals surface area contributed by atoms with Crippen LogP contribution in [0, 0.1) is 0 Å². The Morgan fingerprint density at radius 3 is 2.56 bits per heavy atom. The van der Waals surface area contributed by atoms with E-state index in [0.717, 1.165) is 5.56 Å². The minimum absolute atomic E-state index is 0.723. The first kappa shape index (κ1) is 10.4. The van der Waals surface area contributed by atoms with Crippen molar-refractivity contribution in [1.82, 2.24) is 9.55 Å². The summed E-state index contributed by atoms with van der Waals surface area (Å²) in [7, 11) is 0. The number of carbonyl (C=O) groups is 1. The number of rotatable bonds is 3. The molecule has 82 valence electrons. The van der Waals surface area contributed by atoms with Crippen molar-refractivity contribution in [2.24, 2.45) is 0 Å². The summed E-state index contributed by atoms with van der Waals surface area (Å²) in [5, 5.41) is 9.41. The lowest BCUT2D eigenvalue weighted by Crippen LogP contribution is -2.39. The zero-order valence-electron chi connectivity index (χ0n) is 8.87. The topological polar surface area (TPSA) is 55.1 Å². The van der Waals surface area contributed by atoms with Gasteiger partial charge in [-0.3, -0.25) is 0 Å². The van der Waals surface area contributed by atoms with Crippen LogP contribution in [-0.2, 0) is 10.3 Å². The number of nitrogens with zero attached hydrogens (tertiary/aromatic N) is 2. The minimum Gasteiger partial charge on any atom is -0.479 e. The number of benzene rings is 1. The normalized spacial score (nSPS) is 14.3. The van der Waals surface area contributed by atoms with Crippen molar-refractivity contribution in [3.63, 3.8) is 0 Å². The molecule has 0 radical (unpaired) electrons. The van der Waals surface area contributed by atoms with Crippen molar-refractivity contribution < 1.29 is 9.90 Å². The molecule has 1 unspecified atom stereocenters. The highest BCUT2D eigenvalue weighted by molar-refractivity contribution is 5.80. The van der Waals surface area contributed by atoms with Crippen LogP contribution in [0.5, 0.6) is 0 Å². The molecule has 0 amide bonds. The summed E-state index contributed by atoms with van der Waals surface area (Å²) in [4.78, 5) is 15.4. The Morgan fingerprint density at radius 2 is 2.06 bits per heavy atom. The molecular weight excluding hydrogens is 204 g/mol. The van der Waals surface area contributed by atoms with Gasteiger partial charge in [0.05, 0.1) is 6.33 Å². The second-order valence-corrected chi connectivity index (χ2v) is 3.71. The van der Waals surface area contributed by atoms with Crippen LogP contribution in [0.3, 0.4) is 0 Å². The Bertz CT molecular complexity index is 479. The highest BCUT2D eigenvalue weighted by atomic mass is 16.4. The van der Waals surface area contributed by atoms with Crippen molar-refractivity contribution in [2.75, 3.05) is 0 Å². The summed E-state index contributed by atoms with van der Waals surface area (Å²) in [5.41, 5.74) is -0.391. The number of aromatic nitrogens is 2. The average molecular weight is 216 g/mol. The first-order chi connectivity index (χ1) is 7.65. The molecule has 1 aromatic carbocycles. The van der Waals surface area contributed by atoms with E-state index in [0.29, 0.717) is 0 Å². The van der Waals surface area contributed by atoms with E-state index >= 15 is 0 Å². The van der Waals surface area contributed by atoms with Crippen molar-refractivity contribution in [2.45, 2.75) is 12.5 Å². The number of hydrogen-bond acceptors (Lipinski definition) is 2. The molecule has 0 aliphatic rings. The summed E-state index contributed by atoms with van der Waals surface area (Å²) in [6.07, 6.45) is 4.74. The van der Waals surface area contributed by atoms with Crippen molar-refractivity contribution in [3.05, 3.63) is 54.6 Å². The number of aliphatic carboxylic acids is 1. The number of carboxylic acid groups (broad SMARTS) is 1. The molecular formula is C12H12N2O2. The lowest BCUT2D eigenvalue weighted by atomic mass is 9.92. The van der Waals surface area contributed by atoms with Crippen molar-refractivity contribution >= 4 is 5.97 Å². The molecule has 1 atom stereocenters. The van der Waals surface area contributed by atoms with E-state index in [4.69, 9.17) is 0 Å². The van der Waals surface area contributed by atoms with Crippen LogP contribution in [0.2, 0.25) is 0 Å². The zero-order chi connectivity index (χ0) is 11.6. The van der Waals surface area contributed by atoms with Gasteiger partial charge in [-0.2, -0.15) is 0 Å². The van der Waals surface area contributed by atoms with Crippen LogP contribution in [0.1, 0.15) is 12.5 Å². The maximum Gasteiger partial charge on any atom is 0.334 e. The standard InChI is InChI=1S/C12H12N2O2/c1-12(11(15)16,14-8-7-13-9-14)10-5-3-2-4-6-10/h2-9H,1H3,(H,15,16). The molecule has 0 aliphatic carbocycles. The van der Waals surface area contributed by atoms with Gasteiger partial charge >= 0.3 is 5.97 Å². The maximum atomic E-state index is 11.5. The first-order valence-electron chi connectivity index (χ1n) is 4.93. The van der Waals surface area contributed by atoms with E-state index in [9.17, 15) is 9.90 Å². The molecule has 1 heterocycles. The van der Waals surface area contributed by atoms with Gasteiger partial charge in [0, 0.05) is 12.4 Å². The summed E-state index contributed by atoms with van der Waals surface area (Å²) < 4.78 is 1.59. The van der Waals surface area contributed by atoms with Gasteiger partial charge in [-0.25, -0.2) is 9.78 Å². The Hall–Kier alpha value is -2.10. The van der Waals surface area contributed by atoms with Crippen LogP contribution >= 0.6 is 0 Å². The van der Waals surface area contributed by atoms with E-state index < -0.39 is 11.5 Å². The third-order valence-electron chi connectivity index (χ3n) is 2.77. The van der Waals surface area contributed by atoms with Gasteiger partial charge in [-0.1, -0.05) is 30.3 Å². The maximum absolute atomic E-state index is 11.5. The van der Waals surface area contributed by atoms with Gasteiger partial charge in [0.25, 0.3) is 0 Å². The highest BCUT2D eigenvalue weighted by Gasteiger charge is 2.36. The van der Waals surface area contributed by atoms with Crippen LogP contribution < -0.4 is 0 Å².